The van der Waals surface area contributed by atoms with Crippen molar-refractivity contribution < 1.29 is 4.79 Å². The number of benzene rings is 1. The zero-order chi connectivity index (χ0) is 15.1. The number of β-lactam (4-membered cyclic amide) rings is 1. The van der Waals surface area contributed by atoms with Crippen LogP contribution in [0.2, 0.25) is 0 Å². The minimum absolute atomic E-state index is 0.254. The zero-order valence-electron chi connectivity index (χ0n) is 12.2. The molecule has 2 aliphatic rings. The van der Waals surface area contributed by atoms with E-state index in [0.717, 1.165) is 26.2 Å². The molecule has 0 radical (unpaired) electrons. The van der Waals surface area contributed by atoms with Crippen LogP contribution in [-0.4, -0.2) is 28.9 Å². The van der Waals surface area contributed by atoms with Gasteiger partial charge >= 0.3 is 0 Å². The number of hydrogen-bond donors (Lipinski definition) is 0. The van der Waals surface area contributed by atoms with E-state index in [2.05, 4.69) is 39.0 Å². The van der Waals surface area contributed by atoms with Gasteiger partial charge in [-0.15, -0.1) is 11.3 Å². The molecule has 0 spiro atoms. The maximum Gasteiger partial charge on any atom is 0.226 e. The summed E-state index contributed by atoms with van der Waals surface area (Å²) in [5.74, 6) is 0.270. The number of nitrogens with zero attached hydrogens (tertiary/aromatic N) is 2. The SMILES string of the molecule is O=C1CC(c2ccccc2)N1CN1CCc2sc(Br)cc2C1. The van der Waals surface area contributed by atoms with Crippen LogP contribution in [0.4, 0.5) is 0 Å². The van der Waals surface area contributed by atoms with Crippen molar-refractivity contribution in [2.24, 2.45) is 0 Å². The fourth-order valence-corrected chi connectivity index (χ4v) is 5.04. The molecule has 0 aliphatic carbocycles. The number of carbonyl (C=O) groups excluding carboxylic acids is 1. The van der Waals surface area contributed by atoms with Crippen LogP contribution in [0.5, 0.6) is 0 Å². The second-order valence-corrected chi connectivity index (χ2v) is 8.45. The zero-order valence-corrected chi connectivity index (χ0v) is 14.6. The molecule has 4 rings (SSSR count). The van der Waals surface area contributed by atoms with Gasteiger partial charge < -0.3 is 4.90 Å². The van der Waals surface area contributed by atoms with Gasteiger partial charge in [0, 0.05) is 18.0 Å². The van der Waals surface area contributed by atoms with Crippen LogP contribution in [0, 0.1) is 0 Å². The molecule has 22 heavy (non-hydrogen) atoms. The Morgan fingerprint density at radius 1 is 1.27 bits per heavy atom. The topological polar surface area (TPSA) is 23.6 Å². The molecule has 2 aliphatic heterocycles. The van der Waals surface area contributed by atoms with Crippen molar-refractivity contribution in [2.45, 2.75) is 25.4 Å². The predicted molar refractivity (Wildman–Crippen MR) is 91.6 cm³/mol. The number of carbonyl (C=O) groups is 1. The summed E-state index contributed by atoms with van der Waals surface area (Å²) < 4.78 is 1.21. The smallest absolute Gasteiger partial charge is 0.226 e. The highest BCUT2D eigenvalue weighted by Crippen LogP contribution is 2.36. The Bertz CT molecular complexity index is 700. The predicted octanol–water partition coefficient (Wildman–Crippen LogP) is 3.80. The largest absolute Gasteiger partial charge is 0.322 e. The van der Waals surface area contributed by atoms with E-state index < -0.39 is 0 Å². The van der Waals surface area contributed by atoms with Gasteiger partial charge in [-0.3, -0.25) is 9.69 Å². The average Bonchev–Trinajstić information content (AvgIpc) is 2.90. The van der Waals surface area contributed by atoms with Gasteiger partial charge in [0.1, 0.15) is 0 Å². The number of rotatable bonds is 3. The Balaban J connectivity index is 1.46. The fourth-order valence-electron chi connectivity index (χ4n) is 3.30. The van der Waals surface area contributed by atoms with E-state index in [4.69, 9.17) is 0 Å². The molecule has 1 aromatic heterocycles. The number of fused-ring (bicyclic) bond motifs is 1. The van der Waals surface area contributed by atoms with E-state index in [0.29, 0.717) is 6.42 Å². The molecular weight excluding hydrogens is 360 g/mol. The van der Waals surface area contributed by atoms with Crippen LogP contribution in [0.1, 0.15) is 28.5 Å². The summed E-state index contributed by atoms with van der Waals surface area (Å²) >= 11 is 5.41. The molecule has 114 valence electrons. The molecule has 0 N–H and O–H groups in total. The quantitative estimate of drug-likeness (QED) is 0.760. The van der Waals surface area contributed by atoms with Gasteiger partial charge in [0.25, 0.3) is 0 Å². The van der Waals surface area contributed by atoms with Gasteiger partial charge in [-0.25, -0.2) is 0 Å². The Morgan fingerprint density at radius 2 is 2.09 bits per heavy atom. The van der Waals surface area contributed by atoms with Gasteiger partial charge in [0.05, 0.1) is 22.9 Å². The highest BCUT2D eigenvalue weighted by molar-refractivity contribution is 9.11. The van der Waals surface area contributed by atoms with Crippen molar-refractivity contribution in [3.63, 3.8) is 0 Å². The summed E-state index contributed by atoms with van der Waals surface area (Å²) in [6, 6.07) is 12.8. The summed E-state index contributed by atoms with van der Waals surface area (Å²) in [5.41, 5.74) is 2.66. The Morgan fingerprint density at radius 3 is 2.86 bits per heavy atom. The van der Waals surface area contributed by atoms with Crippen LogP contribution in [0.15, 0.2) is 40.2 Å². The molecule has 3 nitrogen and oxygen atoms in total. The third-order valence-corrected chi connectivity index (χ3v) is 6.26. The van der Waals surface area contributed by atoms with Crippen molar-refractivity contribution >= 4 is 33.2 Å². The Kier molecular flexibility index (Phi) is 3.80. The molecule has 0 bridgehead atoms. The van der Waals surface area contributed by atoms with Crippen molar-refractivity contribution in [3.8, 4) is 0 Å². The lowest BCUT2D eigenvalue weighted by atomic mass is 9.94. The lowest BCUT2D eigenvalue weighted by Crippen LogP contribution is -2.52. The summed E-state index contributed by atoms with van der Waals surface area (Å²) in [5, 5.41) is 0. The Labute approximate surface area is 142 Å². The summed E-state index contributed by atoms with van der Waals surface area (Å²) in [6.45, 7) is 2.72. The lowest BCUT2D eigenvalue weighted by Gasteiger charge is -2.44. The first kappa shape index (κ1) is 14.4. The summed E-state index contributed by atoms with van der Waals surface area (Å²) in [7, 11) is 0. The molecule has 1 atom stereocenters. The van der Waals surface area contributed by atoms with Crippen LogP contribution in [0.25, 0.3) is 0 Å². The van der Waals surface area contributed by atoms with Gasteiger partial charge in [-0.2, -0.15) is 0 Å². The number of amides is 1. The maximum atomic E-state index is 12.0. The molecule has 1 saturated heterocycles. The molecule has 2 aromatic rings. The van der Waals surface area contributed by atoms with Crippen LogP contribution in [-0.2, 0) is 17.8 Å². The van der Waals surface area contributed by atoms with E-state index in [9.17, 15) is 4.79 Å². The highest BCUT2D eigenvalue weighted by atomic mass is 79.9. The van der Waals surface area contributed by atoms with Crippen molar-refractivity contribution in [1.82, 2.24) is 9.80 Å². The molecule has 1 fully saturated rings. The highest BCUT2D eigenvalue weighted by Gasteiger charge is 2.38. The molecule has 1 aromatic carbocycles. The van der Waals surface area contributed by atoms with E-state index in [-0.39, 0.29) is 11.9 Å². The first-order valence-electron chi connectivity index (χ1n) is 7.54. The normalized spacial score (nSPS) is 21.6. The molecule has 0 saturated carbocycles. The molecular formula is C17H17BrN2OS. The van der Waals surface area contributed by atoms with Gasteiger partial charge in [0.15, 0.2) is 0 Å². The number of likely N-dealkylation sites (tertiary alicyclic amines) is 1. The summed E-state index contributed by atoms with van der Waals surface area (Å²) in [4.78, 5) is 17.9. The van der Waals surface area contributed by atoms with Crippen molar-refractivity contribution in [3.05, 3.63) is 56.2 Å². The monoisotopic (exact) mass is 376 g/mol. The van der Waals surface area contributed by atoms with Crippen molar-refractivity contribution in [2.75, 3.05) is 13.2 Å². The third kappa shape index (κ3) is 2.62. The number of hydrogen-bond acceptors (Lipinski definition) is 3. The minimum atomic E-state index is 0.254. The third-order valence-electron chi connectivity index (χ3n) is 4.52. The van der Waals surface area contributed by atoms with E-state index in [1.165, 1.54) is 19.8 Å². The maximum absolute atomic E-state index is 12.0. The lowest BCUT2D eigenvalue weighted by molar-refractivity contribution is -0.150. The second kappa shape index (κ2) is 5.80. The van der Waals surface area contributed by atoms with Crippen LogP contribution >= 0.6 is 27.3 Å². The first-order chi connectivity index (χ1) is 10.7. The standard InChI is InChI=1S/C17H17BrN2OS/c18-16-8-13-10-19(7-6-15(13)22-16)11-20-14(9-17(20)21)12-4-2-1-3-5-12/h1-5,8,14H,6-7,9-11H2. The molecule has 3 heterocycles. The second-order valence-electron chi connectivity index (χ2n) is 5.94. The van der Waals surface area contributed by atoms with E-state index in [1.54, 1.807) is 0 Å². The van der Waals surface area contributed by atoms with Gasteiger partial charge in [-0.05, 0) is 39.5 Å². The van der Waals surface area contributed by atoms with Gasteiger partial charge in [0.2, 0.25) is 5.91 Å². The van der Waals surface area contributed by atoms with Crippen molar-refractivity contribution in [1.29, 1.82) is 0 Å². The summed E-state index contributed by atoms with van der Waals surface area (Å²) in [6.07, 6.45) is 1.73. The van der Waals surface area contributed by atoms with E-state index >= 15 is 0 Å². The van der Waals surface area contributed by atoms with Gasteiger partial charge in [-0.1, -0.05) is 30.3 Å². The van der Waals surface area contributed by atoms with Crippen LogP contribution < -0.4 is 0 Å². The van der Waals surface area contributed by atoms with Crippen LogP contribution in [0.3, 0.4) is 0 Å². The fraction of sp³-hybridized carbons (Fsp3) is 0.353. The van der Waals surface area contributed by atoms with E-state index in [1.807, 2.05) is 34.4 Å². The number of halogens is 1. The molecule has 1 amide bonds. The average molecular weight is 377 g/mol. The first-order valence-corrected chi connectivity index (χ1v) is 9.15. The Hall–Kier alpha value is -1.17. The molecule has 1 unspecified atom stereocenters. The minimum Gasteiger partial charge on any atom is -0.322 e. The number of thiophene rings is 1. The molecule has 5 heteroatoms.